The number of pyridine rings is 2. The van der Waals surface area contributed by atoms with E-state index in [0.717, 1.165) is 0 Å². The minimum Gasteiger partial charge on any atom is -0.383 e. The van der Waals surface area contributed by atoms with E-state index in [4.69, 9.17) is 10.7 Å². The number of hydrogen-bond acceptors (Lipinski definition) is 5. The van der Waals surface area contributed by atoms with Crippen LogP contribution in [0.1, 0.15) is 27.8 Å². The van der Waals surface area contributed by atoms with Gasteiger partial charge in [-0.1, -0.05) is 18.2 Å². The van der Waals surface area contributed by atoms with Crippen LogP contribution in [0.2, 0.25) is 0 Å². The van der Waals surface area contributed by atoms with Gasteiger partial charge in [0.15, 0.2) is 0 Å². The summed E-state index contributed by atoms with van der Waals surface area (Å²) < 4.78 is 29.6. The van der Waals surface area contributed by atoms with Crippen LogP contribution in [0, 0.1) is 23.0 Å². The molecule has 5 nitrogen and oxygen atoms in total. The molecule has 4 aromatic rings. The SMILES string of the molecule is N#Cc1cncc(-c2cc(C3(c4ccncc4)N=C(N)c4c(F)cccc43)ccc2F)c1. The second-order valence-corrected chi connectivity index (χ2v) is 7.37. The topological polar surface area (TPSA) is 88.0 Å². The molecule has 7 heteroatoms. The number of rotatable bonds is 3. The van der Waals surface area contributed by atoms with Crippen LogP contribution in [0.4, 0.5) is 8.78 Å². The van der Waals surface area contributed by atoms with Crippen LogP contribution in [0.25, 0.3) is 11.1 Å². The van der Waals surface area contributed by atoms with Crippen molar-refractivity contribution in [1.29, 1.82) is 5.26 Å². The quantitative estimate of drug-likeness (QED) is 0.532. The van der Waals surface area contributed by atoms with Crippen molar-refractivity contribution in [3.8, 4) is 17.2 Å². The van der Waals surface area contributed by atoms with E-state index in [1.807, 2.05) is 6.07 Å². The van der Waals surface area contributed by atoms with Gasteiger partial charge in [0.25, 0.3) is 0 Å². The molecule has 0 bridgehead atoms. The molecule has 154 valence electrons. The minimum absolute atomic E-state index is 0.0638. The average molecular weight is 423 g/mol. The Balaban J connectivity index is 1.82. The summed E-state index contributed by atoms with van der Waals surface area (Å²) in [5.41, 5.74) is 8.09. The molecular weight excluding hydrogens is 408 g/mol. The first-order chi connectivity index (χ1) is 15.5. The zero-order valence-electron chi connectivity index (χ0n) is 16.6. The van der Waals surface area contributed by atoms with E-state index in [9.17, 15) is 14.0 Å². The predicted octanol–water partition coefficient (Wildman–Crippen LogP) is 4.30. The number of aliphatic imine (C=N–C) groups is 1. The van der Waals surface area contributed by atoms with Crippen molar-refractivity contribution in [2.24, 2.45) is 10.7 Å². The summed E-state index contributed by atoms with van der Waals surface area (Å²) in [5.74, 6) is -0.896. The molecular formula is C25H15F2N5. The van der Waals surface area contributed by atoms with Gasteiger partial charge in [-0.05, 0) is 47.5 Å². The highest BCUT2D eigenvalue weighted by Crippen LogP contribution is 2.47. The van der Waals surface area contributed by atoms with Crippen molar-refractivity contribution in [2.45, 2.75) is 5.54 Å². The number of fused-ring (bicyclic) bond motifs is 1. The molecule has 1 aliphatic rings. The Morgan fingerprint density at radius 3 is 2.47 bits per heavy atom. The summed E-state index contributed by atoms with van der Waals surface area (Å²) in [7, 11) is 0. The summed E-state index contributed by atoms with van der Waals surface area (Å²) in [6.07, 6.45) is 6.13. The van der Waals surface area contributed by atoms with Crippen LogP contribution in [-0.2, 0) is 5.54 Å². The Morgan fingerprint density at radius 2 is 1.69 bits per heavy atom. The Bertz CT molecular complexity index is 1430. The third-order valence-corrected chi connectivity index (χ3v) is 5.61. The van der Waals surface area contributed by atoms with Gasteiger partial charge in [0.2, 0.25) is 0 Å². The third-order valence-electron chi connectivity index (χ3n) is 5.61. The first-order valence-electron chi connectivity index (χ1n) is 9.75. The lowest BCUT2D eigenvalue weighted by molar-refractivity contribution is 0.611. The van der Waals surface area contributed by atoms with E-state index in [2.05, 4.69) is 9.97 Å². The lowest BCUT2D eigenvalue weighted by atomic mass is 9.77. The van der Waals surface area contributed by atoms with Gasteiger partial charge in [-0.15, -0.1) is 0 Å². The fourth-order valence-corrected chi connectivity index (χ4v) is 4.20. The number of aromatic nitrogens is 2. The average Bonchev–Trinajstić information content (AvgIpc) is 3.14. The Labute approximate surface area is 182 Å². The van der Waals surface area contributed by atoms with Crippen molar-refractivity contribution in [2.75, 3.05) is 0 Å². The van der Waals surface area contributed by atoms with E-state index >= 15 is 0 Å². The molecule has 0 spiro atoms. The maximum atomic E-state index is 14.9. The zero-order valence-corrected chi connectivity index (χ0v) is 16.6. The molecule has 2 N–H and O–H groups in total. The standard InChI is InChI=1S/C25H15F2N5/c26-21-5-4-18(11-19(21)16-10-15(12-28)13-31-14-16)25(17-6-8-30-9-7-17)20-2-1-3-22(27)23(20)24(29)32-25/h1-11,13-14H,(H2,29,32). The monoisotopic (exact) mass is 423 g/mol. The van der Waals surface area contributed by atoms with Crippen molar-refractivity contribution < 1.29 is 8.78 Å². The Kier molecular flexibility index (Phi) is 4.49. The summed E-state index contributed by atoms with van der Waals surface area (Å²) in [6.45, 7) is 0. The molecule has 0 radical (unpaired) electrons. The lowest BCUT2D eigenvalue weighted by Crippen LogP contribution is -2.25. The number of nitrogens with two attached hydrogens (primary N) is 1. The van der Waals surface area contributed by atoms with Crippen LogP contribution < -0.4 is 5.73 Å². The molecule has 0 aliphatic carbocycles. The molecule has 1 atom stereocenters. The molecule has 1 aliphatic heterocycles. The number of hydrogen-bond donors (Lipinski definition) is 1. The van der Waals surface area contributed by atoms with Crippen molar-refractivity contribution >= 4 is 5.84 Å². The van der Waals surface area contributed by atoms with Crippen molar-refractivity contribution in [1.82, 2.24) is 9.97 Å². The predicted molar refractivity (Wildman–Crippen MR) is 116 cm³/mol. The van der Waals surface area contributed by atoms with Crippen molar-refractivity contribution in [3.63, 3.8) is 0 Å². The van der Waals surface area contributed by atoms with Crippen LogP contribution in [0.5, 0.6) is 0 Å². The molecule has 0 amide bonds. The summed E-state index contributed by atoms with van der Waals surface area (Å²) >= 11 is 0. The number of nitrogens with zero attached hydrogens (tertiary/aromatic N) is 4. The Morgan fingerprint density at radius 1 is 0.875 bits per heavy atom. The van der Waals surface area contributed by atoms with E-state index in [-0.39, 0.29) is 17.0 Å². The largest absolute Gasteiger partial charge is 0.383 e. The highest BCUT2D eigenvalue weighted by molar-refractivity contribution is 6.03. The maximum absolute atomic E-state index is 14.9. The smallest absolute Gasteiger partial charge is 0.139 e. The van der Waals surface area contributed by atoms with Gasteiger partial charge in [0, 0.05) is 41.5 Å². The van der Waals surface area contributed by atoms with Gasteiger partial charge in [-0.3, -0.25) is 9.97 Å². The van der Waals surface area contributed by atoms with Gasteiger partial charge in [0.1, 0.15) is 29.1 Å². The molecule has 5 rings (SSSR count). The third kappa shape index (κ3) is 2.85. The minimum atomic E-state index is -1.19. The molecule has 0 fully saturated rings. The van der Waals surface area contributed by atoms with Crippen LogP contribution >= 0.6 is 0 Å². The van der Waals surface area contributed by atoms with Gasteiger partial charge in [-0.25, -0.2) is 13.8 Å². The summed E-state index contributed by atoms with van der Waals surface area (Å²) in [6, 6.07) is 16.4. The highest BCUT2D eigenvalue weighted by atomic mass is 19.1. The zero-order chi connectivity index (χ0) is 22.3. The lowest BCUT2D eigenvalue weighted by Gasteiger charge is -2.29. The van der Waals surface area contributed by atoms with E-state index in [1.54, 1.807) is 54.9 Å². The molecule has 2 aromatic carbocycles. The second kappa shape index (κ2) is 7.36. The van der Waals surface area contributed by atoms with E-state index in [1.165, 1.54) is 24.5 Å². The van der Waals surface area contributed by atoms with Crippen molar-refractivity contribution in [3.05, 3.63) is 119 Å². The highest BCUT2D eigenvalue weighted by Gasteiger charge is 2.44. The first kappa shape index (κ1) is 19.5. The fraction of sp³-hybridized carbons (Fsp3) is 0.0400. The summed E-state index contributed by atoms with van der Waals surface area (Å²) in [4.78, 5) is 12.8. The van der Waals surface area contributed by atoms with Gasteiger partial charge < -0.3 is 5.73 Å². The number of nitriles is 1. The molecule has 0 saturated heterocycles. The first-order valence-corrected chi connectivity index (χ1v) is 9.75. The molecule has 1 unspecified atom stereocenters. The summed E-state index contributed by atoms with van der Waals surface area (Å²) in [5, 5.41) is 9.20. The number of halogens is 2. The van der Waals surface area contributed by atoms with Gasteiger partial charge in [-0.2, -0.15) is 5.26 Å². The van der Waals surface area contributed by atoms with Gasteiger partial charge in [0.05, 0.1) is 11.1 Å². The number of amidine groups is 1. The molecule has 3 heterocycles. The van der Waals surface area contributed by atoms with Crippen LogP contribution in [-0.4, -0.2) is 15.8 Å². The maximum Gasteiger partial charge on any atom is 0.139 e. The molecule has 2 aromatic heterocycles. The number of benzene rings is 2. The van der Waals surface area contributed by atoms with E-state index < -0.39 is 17.2 Å². The van der Waals surface area contributed by atoms with Crippen LogP contribution in [0.3, 0.4) is 0 Å². The normalized spacial score (nSPS) is 16.8. The fourth-order valence-electron chi connectivity index (χ4n) is 4.20. The van der Waals surface area contributed by atoms with E-state index in [0.29, 0.717) is 27.8 Å². The molecule has 0 saturated carbocycles. The Hall–Kier alpha value is -4.44. The second-order valence-electron chi connectivity index (χ2n) is 7.37. The van der Waals surface area contributed by atoms with Gasteiger partial charge >= 0.3 is 0 Å². The van der Waals surface area contributed by atoms with Crippen LogP contribution in [0.15, 0.2) is 84.4 Å². The molecule has 32 heavy (non-hydrogen) atoms.